The van der Waals surface area contributed by atoms with Crippen LogP contribution in [0.25, 0.3) is 16.5 Å². The number of ketones is 2. The second-order valence-corrected chi connectivity index (χ2v) is 9.98. The van der Waals surface area contributed by atoms with E-state index in [2.05, 4.69) is 29.1 Å². The van der Waals surface area contributed by atoms with Crippen LogP contribution in [0.15, 0.2) is 54.9 Å². The average Bonchev–Trinajstić information content (AvgIpc) is 2.94. The monoisotopic (exact) mass is 545 g/mol. The first-order valence-electron chi connectivity index (χ1n) is 13.3. The lowest BCUT2D eigenvalue weighted by molar-refractivity contribution is -0.113. The number of carbonyl (C=O) groups is 2. The van der Waals surface area contributed by atoms with E-state index in [1.807, 2.05) is 25.1 Å². The predicted molar refractivity (Wildman–Crippen MR) is 154 cm³/mol. The van der Waals surface area contributed by atoms with E-state index < -0.39 is 0 Å². The van der Waals surface area contributed by atoms with E-state index in [0.717, 1.165) is 12.8 Å². The second kappa shape index (κ2) is 13.2. The van der Waals surface area contributed by atoms with Crippen molar-refractivity contribution in [2.24, 2.45) is 5.92 Å². The molecule has 210 valence electrons. The summed E-state index contributed by atoms with van der Waals surface area (Å²) >= 11 is 0. The lowest BCUT2D eigenvalue weighted by atomic mass is 9.95. The van der Waals surface area contributed by atoms with E-state index in [9.17, 15) is 9.59 Å². The lowest BCUT2D eigenvalue weighted by Gasteiger charge is -2.20. The molecule has 1 heterocycles. The normalized spacial score (nSPS) is 13.9. The highest BCUT2D eigenvalue weighted by atomic mass is 16.5. The molecule has 1 aliphatic rings. The van der Waals surface area contributed by atoms with Crippen LogP contribution in [0, 0.1) is 5.92 Å². The number of hydrogen-bond acceptors (Lipinski definition) is 9. The summed E-state index contributed by atoms with van der Waals surface area (Å²) in [6, 6.07) is 9.07. The summed E-state index contributed by atoms with van der Waals surface area (Å²) < 4.78 is 22.7. The number of anilines is 2. The summed E-state index contributed by atoms with van der Waals surface area (Å²) in [7, 11) is 3.18. The summed E-state index contributed by atoms with van der Waals surface area (Å²) in [6.07, 6.45) is 7.19. The fraction of sp³-hybridized carbons (Fsp3) is 0.355. The Labute approximate surface area is 234 Å². The molecule has 9 heteroatoms. The molecule has 0 saturated carbocycles. The van der Waals surface area contributed by atoms with Gasteiger partial charge in [-0.1, -0.05) is 13.8 Å². The SMILES string of the molecule is COCCOc1cc2ncnc(Nc3ccc(OC(C)CCC(C)C)c(C4=CC(=O)C=CC4=O)c3)c2cc1OC. The van der Waals surface area contributed by atoms with Crippen LogP contribution in [0.2, 0.25) is 0 Å². The quantitative estimate of drug-likeness (QED) is 0.214. The summed E-state index contributed by atoms with van der Waals surface area (Å²) in [5.74, 6) is 2.21. The number of benzene rings is 2. The highest BCUT2D eigenvalue weighted by Gasteiger charge is 2.21. The van der Waals surface area contributed by atoms with Crippen LogP contribution < -0.4 is 19.5 Å². The van der Waals surface area contributed by atoms with Crippen molar-refractivity contribution in [3.63, 3.8) is 0 Å². The lowest BCUT2D eigenvalue weighted by Crippen LogP contribution is -2.15. The number of methoxy groups -OCH3 is 2. The number of hydrogen-bond donors (Lipinski definition) is 1. The zero-order chi connectivity index (χ0) is 28.6. The van der Waals surface area contributed by atoms with E-state index >= 15 is 0 Å². The molecule has 1 aromatic heterocycles. The molecule has 0 spiro atoms. The number of fused-ring (bicyclic) bond motifs is 1. The zero-order valence-electron chi connectivity index (χ0n) is 23.5. The van der Waals surface area contributed by atoms with E-state index in [0.29, 0.717) is 64.4 Å². The molecule has 0 fully saturated rings. The van der Waals surface area contributed by atoms with Gasteiger partial charge in [-0.3, -0.25) is 9.59 Å². The van der Waals surface area contributed by atoms with Crippen molar-refractivity contribution in [1.29, 1.82) is 0 Å². The van der Waals surface area contributed by atoms with Crippen LogP contribution in [0.4, 0.5) is 11.5 Å². The molecule has 1 unspecified atom stereocenters. The molecule has 1 N–H and O–H groups in total. The Morgan fingerprint density at radius 3 is 2.48 bits per heavy atom. The molecule has 40 heavy (non-hydrogen) atoms. The third-order valence-electron chi connectivity index (χ3n) is 6.43. The first-order valence-corrected chi connectivity index (χ1v) is 13.3. The number of nitrogens with one attached hydrogen (secondary N) is 1. The van der Waals surface area contributed by atoms with Crippen molar-refractivity contribution in [3.8, 4) is 17.2 Å². The van der Waals surface area contributed by atoms with Crippen LogP contribution in [-0.2, 0) is 14.3 Å². The highest BCUT2D eigenvalue weighted by molar-refractivity contribution is 6.34. The Morgan fingerprint density at radius 2 is 1.73 bits per heavy atom. The van der Waals surface area contributed by atoms with Crippen molar-refractivity contribution < 1.29 is 28.5 Å². The minimum atomic E-state index is -0.255. The summed E-state index contributed by atoms with van der Waals surface area (Å²) in [4.78, 5) is 33.8. The minimum absolute atomic E-state index is 0.0657. The van der Waals surface area contributed by atoms with Gasteiger partial charge in [0.2, 0.25) is 0 Å². The molecular formula is C31H35N3O6. The number of aromatic nitrogens is 2. The van der Waals surface area contributed by atoms with Gasteiger partial charge < -0.3 is 24.3 Å². The van der Waals surface area contributed by atoms with Crippen molar-refractivity contribution in [3.05, 3.63) is 60.5 Å². The predicted octanol–water partition coefficient (Wildman–Crippen LogP) is 5.70. The van der Waals surface area contributed by atoms with E-state index in [4.69, 9.17) is 18.9 Å². The Kier molecular flexibility index (Phi) is 9.50. The Bertz CT molecular complexity index is 1450. The zero-order valence-corrected chi connectivity index (χ0v) is 23.5. The van der Waals surface area contributed by atoms with Gasteiger partial charge in [-0.15, -0.1) is 0 Å². The number of carbonyl (C=O) groups excluding carboxylic acids is 2. The van der Waals surface area contributed by atoms with E-state index in [1.165, 1.54) is 24.6 Å². The molecule has 3 aromatic rings. The third kappa shape index (κ3) is 7.04. The van der Waals surface area contributed by atoms with Crippen LogP contribution in [0.3, 0.4) is 0 Å². The maximum absolute atomic E-state index is 12.8. The smallest absolute Gasteiger partial charge is 0.186 e. The Morgan fingerprint density at radius 1 is 0.900 bits per heavy atom. The van der Waals surface area contributed by atoms with Gasteiger partial charge in [0.1, 0.15) is 24.5 Å². The van der Waals surface area contributed by atoms with Crippen molar-refractivity contribution in [2.75, 3.05) is 32.8 Å². The number of allylic oxidation sites excluding steroid dienone is 4. The number of ether oxygens (including phenoxy) is 4. The first-order chi connectivity index (χ1) is 19.3. The van der Waals surface area contributed by atoms with Crippen molar-refractivity contribution >= 4 is 39.5 Å². The van der Waals surface area contributed by atoms with Crippen LogP contribution in [-0.4, -0.2) is 55.1 Å². The van der Waals surface area contributed by atoms with Gasteiger partial charge in [-0.25, -0.2) is 9.97 Å². The number of nitrogens with zero attached hydrogens (tertiary/aromatic N) is 2. The molecule has 0 amide bonds. The Balaban J connectivity index is 1.69. The molecule has 2 aromatic carbocycles. The second-order valence-electron chi connectivity index (χ2n) is 9.98. The van der Waals surface area contributed by atoms with Gasteiger partial charge >= 0.3 is 0 Å². The summed E-state index contributed by atoms with van der Waals surface area (Å²) in [5, 5.41) is 4.05. The third-order valence-corrected chi connectivity index (χ3v) is 6.43. The van der Waals surface area contributed by atoms with Gasteiger partial charge in [0.25, 0.3) is 0 Å². The standard InChI is InChI=1S/C31H35N3O6/c1-19(2)6-7-20(3)40-28-11-8-21(14-24(28)23-15-22(35)9-10-27(23)36)34-31-25-16-29(38-5)30(39-13-12-37-4)17-26(25)32-18-33-31/h8-11,14-20H,6-7,12-13H2,1-5H3,(H,32,33,34). The van der Waals surface area contributed by atoms with Gasteiger partial charge in [0, 0.05) is 35.4 Å². The van der Waals surface area contributed by atoms with Gasteiger partial charge in [-0.2, -0.15) is 0 Å². The topological polar surface area (TPSA) is 109 Å². The first kappa shape index (κ1) is 28.8. The van der Waals surface area contributed by atoms with Crippen molar-refractivity contribution in [2.45, 2.75) is 39.7 Å². The molecule has 1 atom stereocenters. The molecule has 4 rings (SSSR count). The van der Waals surface area contributed by atoms with Gasteiger partial charge in [0.05, 0.1) is 25.3 Å². The molecule has 0 saturated heterocycles. The fourth-order valence-corrected chi connectivity index (χ4v) is 4.29. The van der Waals surface area contributed by atoms with Crippen molar-refractivity contribution in [1.82, 2.24) is 9.97 Å². The molecule has 1 aliphatic carbocycles. The highest BCUT2D eigenvalue weighted by Crippen LogP contribution is 2.37. The molecular weight excluding hydrogens is 510 g/mol. The summed E-state index contributed by atoms with van der Waals surface area (Å²) in [6.45, 7) is 7.16. The largest absolute Gasteiger partial charge is 0.493 e. The fourth-order valence-electron chi connectivity index (χ4n) is 4.29. The maximum atomic E-state index is 12.8. The molecule has 0 radical (unpaired) electrons. The van der Waals surface area contributed by atoms with E-state index in [1.54, 1.807) is 26.4 Å². The van der Waals surface area contributed by atoms with E-state index in [-0.39, 0.29) is 23.2 Å². The van der Waals surface area contributed by atoms with Crippen LogP contribution in [0.5, 0.6) is 17.2 Å². The molecule has 0 aliphatic heterocycles. The summed E-state index contributed by atoms with van der Waals surface area (Å²) in [5.41, 5.74) is 2.14. The minimum Gasteiger partial charge on any atom is -0.493 e. The van der Waals surface area contributed by atoms with Gasteiger partial charge in [0.15, 0.2) is 23.1 Å². The average molecular weight is 546 g/mol. The Hall–Kier alpha value is -4.24. The van der Waals surface area contributed by atoms with Crippen LogP contribution >= 0.6 is 0 Å². The van der Waals surface area contributed by atoms with Crippen LogP contribution in [0.1, 0.15) is 39.2 Å². The van der Waals surface area contributed by atoms with Gasteiger partial charge in [-0.05, 0) is 68.2 Å². The maximum Gasteiger partial charge on any atom is 0.186 e. The number of rotatable bonds is 13. The molecule has 0 bridgehead atoms. The molecule has 9 nitrogen and oxygen atoms in total.